The zero-order chi connectivity index (χ0) is 18.3. The molecule has 2 aromatic rings. The predicted molar refractivity (Wildman–Crippen MR) is 117 cm³/mol. The summed E-state index contributed by atoms with van der Waals surface area (Å²) < 4.78 is 0. The number of allylic oxidation sites excluding steroid dienone is 10. The second-order valence-electron chi connectivity index (χ2n) is 8.60. The van der Waals surface area contributed by atoms with Crippen molar-refractivity contribution in [1.82, 2.24) is 0 Å². The van der Waals surface area contributed by atoms with Crippen molar-refractivity contribution in [2.75, 3.05) is 0 Å². The molecule has 0 radical (unpaired) electrons. The summed E-state index contributed by atoms with van der Waals surface area (Å²) in [7, 11) is 0. The van der Waals surface area contributed by atoms with Crippen LogP contribution in [0.25, 0.3) is 23.3 Å². The van der Waals surface area contributed by atoms with Gasteiger partial charge in [0.15, 0.2) is 0 Å². The van der Waals surface area contributed by atoms with Crippen molar-refractivity contribution in [3.8, 4) is 0 Å². The molecular weight excluding hydrogens is 336 g/mol. The Morgan fingerprint density at radius 1 is 0.750 bits per heavy atom. The van der Waals surface area contributed by atoms with Crippen LogP contribution in [0, 0.1) is 11.3 Å². The van der Waals surface area contributed by atoms with E-state index in [0.29, 0.717) is 5.92 Å². The van der Waals surface area contributed by atoms with Crippen LogP contribution in [0.5, 0.6) is 0 Å². The maximum absolute atomic E-state index is 2.49. The molecule has 132 valence electrons. The number of rotatable bonds is 0. The van der Waals surface area contributed by atoms with E-state index in [1.165, 1.54) is 39.0 Å². The first kappa shape index (κ1) is 14.9. The van der Waals surface area contributed by atoms with Gasteiger partial charge in [-0.1, -0.05) is 97.1 Å². The third-order valence-electron chi connectivity index (χ3n) is 7.56. The SMILES string of the molecule is C1=CC23CC=Cc4cccc(c42)C2=Cc4ccccc4C4=CC=CC3(C=C1)C42. The molecule has 3 atom stereocenters. The fourth-order valence-electron chi connectivity index (χ4n) is 6.55. The molecule has 5 aliphatic carbocycles. The molecule has 0 nitrogen and oxygen atoms in total. The van der Waals surface area contributed by atoms with Gasteiger partial charge in [-0.05, 0) is 51.5 Å². The van der Waals surface area contributed by atoms with Gasteiger partial charge in [-0.25, -0.2) is 0 Å². The molecule has 7 rings (SSSR count). The van der Waals surface area contributed by atoms with Crippen LogP contribution >= 0.6 is 0 Å². The van der Waals surface area contributed by atoms with Crippen molar-refractivity contribution in [3.05, 3.63) is 119 Å². The molecule has 0 saturated heterocycles. The molecule has 0 N–H and O–H groups in total. The van der Waals surface area contributed by atoms with Crippen LogP contribution in [-0.2, 0) is 5.41 Å². The largest absolute Gasteiger partial charge is 0.0827 e. The summed E-state index contributed by atoms with van der Waals surface area (Å²) in [6.07, 6.45) is 24.9. The molecule has 0 aliphatic heterocycles. The van der Waals surface area contributed by atoms with E-state index in [2.05, 4.69) is 103 Å². The summed E-state index contributed by atoms with van der Waals surface area (Å²) in [5.41, 5.74) is 9.99. The van der Waals surface area contributed by atoms with E-state index in [1.54, 1.807) is 0 Å². The fourth-order valence-corrected chi connectivity index (χ4v) is 6.55. The maximum atomic E-state index is 2.49. The van der Waals surface area contributed by atoms with Gasteiger partial charge in [0, 0.05) is 16.7 Å². The maximum Gasteiger partial charge on any atom is 0.0316 e. The monoisotopic (exact) mass is 356 g/mol. The molecule has 0 amide bonds. The molecule has 0 bridgehead atoms. The first-order valence-electron chi connectivity index (χ1n) is 10.2. The van der Waals surface area contributed by atoms with Gasteiger partial charge in [0.2, 0.25) is 0 Å². The van der Waals surface area contributed by atoms with Gasteiger partial charge in [0.25, 0.3) is 0 Å². The summed E-state index contributed by atoms with van der Waals surface area (Å²) >= 11 is 0. The van der Waals surface area contributed by atoms with E-state index in [-0.39, 0.29) is 10.8 Å². The molecule has 0 saturated carbocycles. The third kappa shape index (κ3) is 1.49. The van der Waals surface area contributed by atoms with Gasteiger partial charge in [0.05, 0.1) is 0 Å². The Hall–Kier alpha value is -3.12. The average molecular weight is 356 g/mol. The van der Waals surface area contributed by atoms with Crippen molar-refractivity contribution in [2.45, 2.75) is 11.8 Å². The minimum atomic E-state index is -0.0426. The van der Waals surface area contributed by atoms with Crippen LogP contribution in [0.4, 0.5) is 0 Å². The molecule has 0 aromatic heterocycles. The van der Waals surface area contributed by atoms with Gasteiger partial charge in [-0.2, -0.15) is 0 Å². The van der Waals surface area contributed by atoms with Crippen LogP contribution in [0.15, 0.2) is 91.1 Å². The molecule has 3 unspecified atom stereocenters. The van der Waals surface area contributed by atoms with Gasteiger partial charge < -0.3 is 0 Å². The summed E-state index contributed by atoms with van der Waals surface area (Å²) in [6.45, 7) is 0. The van der Waals surface area contributed by atoms with E-state index < -0.39 is 0 Å². The van der Waals surface area contributed by atoms with Gasteiger partial charge in [-0.3, -0.25) is 0 Å². The number of benzene rings is 2. The Labute approximate surface area is 165 Å². The Kier molecular flexibility index (Phi) is 2.57. The topological polar surface area (TPSA) is 0 Å². The van der Waals surface area contributed by atoms with E-state index in [9.17, 15) is 0 Å². The van der Waals surface area contributed by atoms with Crippen LogP contribution in [0.1, 0.15) is 34.2 Å². The second kappa shape index (κ2) is 4.83. The average Bonchev–Trinajstić information content (AvgIpc) is 2.75. The fraction of sp³-hybridized carbons (Fsp3) is 0.143. The summed E-state index contributed by atoms with van der Waals surface area (Å²) in [4.78, 5) is 0. The van der Waals surface area contributed by atoms with E-state index >= 15 is 0 Å². The lowest BCUT2D eigenvalue weighted by Crippen LogP contribution is -2.53. The molecule has 2 aromatic carbocycles. The summed E-state index contributed by atoms with van der Waals surface area (Å²) in [6, 6.07) is 15.8. The molecule has 0 heteroatoms. The molecule has 28 heavy (non-hydrogen) atoms. The molecule has 0 heterocycles. The van der Waals surface area contributed by atoms with Gasteiger partial charge in [0.1, 0.15) is 0 Å². The molecule has 2 spiro atoms. The Morgan fingerprint density at radius 2 is 1.57 bits per heavy atom. The van der Waals surface area contributed by atoms with Crippen LogP contribution in [0.2, 0.25) is 0 Å². The van der Waals surface area contributed by atoms with Crippen molar-refractivity contribution < 1.29 is 0 Å². The van der Waals surface area contributed by atoms with Crippen molar-refractivity contribution >= 4 is 23.3 Å². The number of hydrogen-bond acceptors (Lipinski definition) is 0. The van der Waals surface area contributed by atoms with E-state index in [1.807, 2.05) is 0 Å². The third-order valence-corrected chi connectivity index (χ3v) is 7.56. The zero-order valence-electron chi connectivity index (χ0n) is 15.6. The highest BCUT2D eigenvalue weighted by molar-refractivity contribution is 6.02. The molecular formula is C28H20. The normalized spacial score (nSPS) is 31.9. The van der Waals surface area contributed by atoms with Crippen LogP contribution < -0.4 is 0 Å². The first-order valence-corrected chi connectivity index (χ1v) is 10.2. The lowest BCUT2D eigenvalue weighted by molar-refractivity contribution is 0.244. The summed E-state index contributed by atoms with van der Waals surface area (Å²) in [5.74, 6) is 0.364. The van der Waals surface area contributed by atoms with Crippen LogP contribution in [0.3, 0.4) is 0 Å². The molecule has 5 aliphatic rings. The zero-order valence-corrected chi connectivity index (χ0v) is 15.6. The van der Waals surface area contributed by atoms with E-state index in [0.717, 1.165) is 6.42 Å². The van der Waals surface area contributed by atoms with E-state index in [4.69, 9.17) is 0 Å². The highest BCUT2D eigenvalue weighted by Gasteiger charge is 2.60. The number of fused-ring (bicyclic) bond motifs is 3. The first-order chi connectivity index (χ1) is 13.8. The van der Waals surface area contributed by atoms with Crippen LogP contribution in [-0.4, -0.2) is 0 Å². The van der Waals surface area contributed by atoms with Gasteiger partial charge in [-0.15, -0.1) is 0 Å². The summed E-state index contributed by atoms with van der Waals surface area (Å²) in [5, 5.41) is 0. The van der Waals surface area contributed by atoms with Crippen molar-refractivity contribution in [3.63, 3.8) is 0 Å². The van der Waals surface area contributed by atoms with Crippen molar-refractivity contribution in [1.29, 1.82) is 0 Å². The lowest BCUT2D eigenvalue weighted by Gasteiger charge is -2.60. The highest BCUT2D eigenvalue weighted by Crippen LogP contribution is 2.68. The molecule has 0 fully saturated rings. The Morgan fingerprint density at radius 3 is 2.57 bits per heavy atom. The Bertz CT molecular complexity index is 1240. The smallest absolute Gasteiger partial charge is 0.0316 e. The highest BCUT2D eigenvalue weighted by atomic mass is 14.6. The minimum Gasteiger partial charge on any atom is -0.0827 e. The lowest BCUT2D eigenvalue weighted by atomic mass is 9.42. The predicted octanol–water partition coefficient (Wildman–Crippen LogP) is 6.59. The standard InChI is InChI=1S/C28H20/c1-2-11-21-20(8-1)18-24-23-12-5-9-19-10-6-16-27(25(19)23)14-3-4-15-28(27)17-7-13-22(21)26(24)28/h1-15,17-18,26H,16H2. The van der Waals surface area contributed by atoms with Crippen molar-refractivity contribution in [2.24, 2.45) is 11.3 Å². The van der Waals surface area contributed by atoms with Gasteiger partial charge >= 0.3 is 0 Å². The minimum absolute atomic E-state index is 0.00722. The quantitative estimate of drug-likeness (QED) is 0.499. The Balaban J connectivity index is 1.69. The number of hydrogen-bond donors (Lipinski definition) is 0. The second-order valence-corrected chi connectivity index (χ2v) is 8.60.